The Bertz CT molecular complexity index is 963. The van der Waals surface area contributed by atoms with E-state index in [4.69, 9.17) is 0 Å². The number of carbonyl (C=O) groups is 2. The van der Waals surface area contributed by atoms with Crippen molar-refractivity contribution in [1.82, 2.24) is 0 Å². The van der Waals surface area contributed by atoms with E-state index in [1.807, 2.05) is 45.9 Å². The Morgan fingerprint density at radius 2 is 1.52 bits per heavy atom. The predicted molar refractivity (Wildman–Crippen MR) is 117 cm³/mol. The molecule has 154 valence electrons. The van der Waals surface area contributed by atoms with Crippen LogP contribution in [0.5, 0.6) is 0 Å². The summed E-state index contributed by atoms with van der Waals surface area (Å²) in [5, 5.41) is 11.5. The van der Waals surface area contributed by atoms with E-state index in [1.165, 1.54) is 5.56 Å². The molecule has 0 aromatic heterocycles. The van der Waals surface area contributed by atoms with Gasteiger partial charge in [-0.2, -0.15) is 0 Å². The second-order valence-electron chi connectivity index (χ2n) is 8.29. The van der Waals surface area contributed by atoms with Gasteiger partial charge >= 0.3 is 0 Å². The zero-order chi connectivity index (χ0) is 21.5. The van der Waals surface area contributed by atoms with Gasteiger partial charge in [-0.3, -0.25) is 9.59 Å². The molecule has 1 aliphatic heterocycles. The topological polar surface area (TPSA) is 57.6 Å². The van der Waals surface area contributed by atoms with E-state index < -0.39 is 11.5 Å². The van der Waals surface area contributed by atoms with Gasteiger partial charge in [0.15, 0.2) is 11.4 Å². The number of carbonyl (C=O) groups excluding carboxylic acids is 2. The molecule has 0 saturated carbocycles. The first kappa shape index (κ1) is 21.3. The average molecular weight is 394 g/mol. The van der Waals surface area contributed by atoms with Gasteiger partial charge in [0.05, 0.1) is 12.1 Å². The fourth-order valence-electron chi connectivity index (χ4n) is 4.45. The molecule has 29 heavy (non-hydrogen) atoms. The molecule has 0 saturated heterocycles. The highest BCUT2D eigenvalue weighted by Crippen LogP contribution is 2.43. The van der Waals surface area contributed by atoms with Crippen molar-refractivity contribution in [1.29, 1.82) is 0 Å². The van der Waals surface area contributed by atoms with Crippen LogP contribution in [-0.4, -0.2) is 23.3 Å². The highest BCUT2D eigenvalue weighted by molar-refractivity contribution is 6.11. The van der Waals surface area contributed by atoms with Crippen LogP contribution < -0.4 is 4.90 Å². The minimum Gasteiger partial charge on any atom is -0.375 e. The SMILES string of the molecule is CCCCN1C(=O)C(O)(CC(=O)c2c(C)c(C)c(C)c(C)c2C)c2ccccc21. The van der Waals surface area contributed by atoms with Crippen molar-refractivity contribution in [2.45, 2.75) is 66.4 Å². The lowest BCUT2D eigenvalue weighted by Crippen LogP contribution is -2.42. The molecule has 2 aromatic carbocycles. The van der Waals surface area contributed by atoms with E-state index in [0.717, 1.165) is 35.1 Å². The minimum absolute atomic E-state index is 0.186. The van der Waals surface area contributed by atoms with Gasteiger partial charge in [-0.05, 0) is 74.9 Å². The fourth-order valence-corrected chi connectivity index (χ4v) is 4.45. The second kappa shape index (κ2) is 7.75. The second-order valence-corrected chi connectivity index (χ2v) is 8.29. The maximum absolute atomic E-state index is 13.4. The summed E-state index contributed by atoms with van der Waals surface area (Å²) < 4.78 is 0. The molecule has 0 radical (unpaired) electrons. The van der Waals surface area contributed by atoms with Crippen molar-refractivity contribution < 1.29 is 14.7 Å². The first-order valence-corrected chi connectivity index (χ1v) is 10.4. The minimum atomic E-state index is -1.81. The van der Waals surface area contributed by atoms with Gasteiger partial charge in [-0.1, -0.05) is 31.5 Å². The number of hydrogen-bond donors (Lipinski definition) is 1. The molecule has 1 aliphatic rings. The zero-order valence-electron chi connectivity index (χ0n) is 18.3. The van der Waals surface area contributed by atoms with Crippen LogP contribution in [0, 0.1) is 34.6 Å². The predicted octanol–water partition coefficient (Wildman–Crippen LogP) is 4.84. The lowest BCUT2D eigenvalue weighted by Gasteiger charge is -2.24. The van der Waals surface area contributed by atoms with E-state index in [-0.39, 0.29) is 12.2 Å². The summed E-state index contributed by atoms with van der Waals surface area (Å²) in [7, 11) is 0. The molecule has 1 heterocycles. The van der Waals surface area contributed by atoms with Gasteiger partial charge in [0.1, 0.15) is 0 Å². The third-order valence-electron chi connectivity index (χ3n) is 6.67. The van der Waals surface area contributed by atoms with Crippen molar-refractivity contribution in [3.05, 3.63) is 63.2 Å². The molecule has 1 unspecified atom stereocenters. The molecule has 0 spiro atoms. The van der Waals surface area contributed by atoms with E-state index >= 15 is 0 Å². The molecule has 0 bridgehead atoms. The summed E-state index contributed by atoms with van der Waals surface area (Å²) in [5.41, 5.74) is 5.29. The molecule has 1 amide bonds. The molecule has 1 atom stereocenters. The smallest absolute Gasteiger partial charge is 0.264 e. The average Bonchev–Trinajstić information content (AvgIpc) is 2.90. The number of rotatable bonds is 6. The Morgan fingerprint density at radius 3 is 2.10 bits per heavy atom. The van der Waals surface area contributed by atoms with Crippen molar-refractivity contribution in [2.24, 2.45) is 0 Å². The number of hydrogen-bond acceptors (Lipinski definition) is 3. The lowest BCUT2D eigenvalue weighted by atomic mass is 9.82. The molecule has 4 nitrogen and oxygen atoms in total. The third-order valence-corrected chi connectivity index (χ3v) is 6.67. The highest BCUT2D eigenvalue weighted by Gasteiger charge is 2.50. The number of Topliss-reactive ketones (excluding diaryl/α,β-unsaturated/α-hetero) is 1. The summed E-state index contributed by atoms with van der Waals surface area (Å²) in [6.07, 6.45) is 1.55. The number of fused-ring (bicyclic) bond motifs is 1. The number of amides is 1. The van der Waals surface area contributed by atoms with Crippen molar-refractivity contribution in [2.75, 3.05) is 11.4 Å². The van der Waals surface area contributed by atoms with Crippen LogP contribution >= 0.6 is 0 Å². The van der Waals surface area contributed by atoms with Crippen LogP contribution in [0.25, 0.3) is 0 Å². The van der Waals surface area contributed by atoms with Crippen LogP contribution in [0.3, 0.4) is 0 Å². The van der Waals surface area contributed by atoms with Crippen molar-refractivity contribution in [3.8, 4) is 0 Å². The molecular formula is C25H31NO3. The Morgan fingerprint density at radius 1 is 0.966 bits per heavy atom. The number of aliphatic hydroxyl groups is 1. The summed E-state index contributed by atoms with van der Waals surface area (Å²) in [5.74, 6) is -0.578. The standard InChI is InChI=1S/C25H31NO3/c1-7-8-13-26-21-12-10-9-11-20(21)25(29,24(26)28)14-22(27)23-18(5)16(3)15(2)17(4)19(23)6/h9-12,29H,7-8,13-14H2,1-6H3. The number of benzene rings is 2. The summed E-state index contributed by atoms with van der Waals surface area (Å²) in [6, 6.07) is 7.28. The van der Waals surface area contributed by atoms with E-state index in [0.29, 0.717) is 23.4 Å². The first-order valence-electron chi connectivity index (χ1n) is 10.4. The number of anilines is 1. The maximum atomic E-state index is 13.4. The van der Waals surface area contributed by atoms with Crippen LogP contribution in [0.1, 0.15) is 69.9 Å². The Hall–Kier alpha value is -2.46. The van der Waals surface area contributed by atoms with Crippen molar-refractivity contribution in [3.63, 3.8) is 0 Å². The summed E-state index contributed by atoms with van der Waals surface area (Å²) >= 11 is 0. The number of ketones is 1. The van der Waals surface area contributed by atoms with Crippen LogP contribution in [0.2, 0.25) is 0 Å². The lowest BCUT2D eigenvalue weighted by molar-refractivity contribution is -0.135. The van der Waals surface area contributed by atoms with Crippen LogP contribution in [-0.2, 0) is 10.4 Å². The van der Waals surface area contributed by atoms with Gasteiger partial charge in [-0.15, -0.1) is 0 Å². The van der Waals surface area contributed by atoms with Gasteiger partial charge in [0.2, 0.25) is 0 Å². The Balaban J connectivity index is 2.04. The summed E-state index contributed by atoms with van der Waals surface area (Å²) in [6.45, 7) is 12.6. The van der Waals surface area contributed by atoms with E-state index in [1.54, 1.807) is 11.0 Å². The monoisotopic (exact) mass is 393 g/mol. The van der Waals surface area contributed by atoms with Crippen LogP contribution in [0.15, 0.2) is 24.3 Å². The maximum Gasteiger partial charge on any atom is 0.264 e. The molecule has 1 N–H and O–H groups in total. The number of para-hydroxylation sites is 1. The van der Waals surface area contributed by atoms with E-state index in [9.17, 15) is 14.7 Å². The van der Waals surface area contributed by atoms with E-state index in [2.05, 4.69) is 13.8 Å². The third kappa shape index (κ3) is 3.29. The van der Waals surface area contributed by atoms with Gasteiger partial charge in [0.25, 0.3) is 5.91 Å². The molecule has 3 rings (SSSR count). The normalized spacial score (nSPS) is 18.3. The molecule has 0 aliphatic carbocycles. The largest absolute Gasteiger partial charge is 0.375 e. The molecule has 2 aromatic rings. The molecule has 4 heteroatoms. The summed E-state index contributed by atoms with van der Waals surface area (Å²) in [4.78, 5) is 28.3. The number of unbranched alkanes of at least 4 members (excludes halogenated alkanes) is 1. The van der Waals surface area contributed by atoms with Crippen molar-refractivity contribution >= 4 is 17.4 Å². The Kier molecular flexibility index (Phi) is 5.68. The molecular weight excluding hydrogens is 362 g/mol. The van der Waals surface area contributed by atoms with Gasteiger partial charge < -0.3 is 10.0 Å². The Labute approximate surface area is 173 Å². The quantitative estimate of drug-likeness (QED) is 0.715. The highest BCUT2D eigenvalue weighted by atomic mass is 16.3. The zero-order valence-corrected chi connectivity index (χ0v) is 18.3. The fraction of sp³-hybridized carbons (Fsp3) is 0.440. The van der Waals surface area contributed by atoms with Gasteiger partial charge in [-0.25, -0.2) is 0 Å². The molecule has 0 fully saturated rings. The van der Waals surface area contributed by atoms with Gasteiger partial charge in [0, 0.05) is 17.7 Å². The first-order chi connectivity index (χ1) is 13.6. The van der Waals surface area contributed by atoms with Crippen LogP contribution in [0.4, 0.5) is 5.69 Å². The number of nitrogens with zero attached hydrogens (tertiary/aromatic N) is 1.